The van der Waals surface area contributed by atoms with Crippen molar-refractivity contribution in [3.05, 3.63) is 59.2 Å². The second-order valence-electron chi connectivity index (χ2n) is 9.49. The number of carbonyl (C=O) groups excluding carboxylic acids is 2. The number of benzene rings is 2. The Hall–Kier alpha value is -3.04. The summed E-state index contributed by atoms with van der Waals surface area (Å²) in [5, 5.41) is 15.5. The van der Waals surface area contributed by atoms with E-state index in [4.69, 9.17) is 9.47 Å². The Morgan fingerprint density at radius 3 is 2.69 bits per heavy atom. The molecule has 2 aliphatic heterocycles. The summed E-state index contributed by atoms with van der Waals surface area (Å²) < 4.78 is 39.2. The van der Waals surface area contributed by atoms with Crippen molar-refractivity contribution in [2.45, 2.75) is 62.9 Å². The average Bonchev–Trinajstić information content (AvgIpc) is 3.16. The van der Waals surface area contributed by atoms with E-state index in [1.165, 1.54) is 0 Å². The number of hydrogen-bond donors (Lipinski definition) is 3. The summed E-state index contributed by atoms with van der Waals surface area (Å²) >= 11 is 0. The van der Waals surface area contributed by atoms with Crippen molar-refractivity contribution < 1.29 is 33.0 Å². The predicted octanol–water partition coefficient (Wildman–Crippen LogP) is 3.40. The smallest absolute Gasteiger partial charge is 0.227 e. The first-order chi connectivity index (χ1) is 16.9. The molecule has 186 valence electrons. The standard InChI is InChI=1S/C26H28F2N2O5/c27-16-4-6-21(28)15(8-16)12-29-24(32)11-18-10-20-19-9-17(30-26(33)14-2-1-3-14)5-7-22(19)35-25(20)23(13-31)34-18/h4-9,14,18,20,23,25,31H,1-3,10-13H2,(H,29,32)(H,30,33)/t18-,20+,23+,25-/m0/s1. The van der Waals surface area contributed by atoms with Gasteiger partial charge in [-0.2, -0.15) is 0 Å². The molecule has 0 unspecified atom stereocenters. The van der Waals surface area contributed by atoms with Crippen molar-refractivity contribution in [3.63, 3.8) is 0 Å². The van der Waals surface area contributed by atoms with Gasteiger partial charge in [-0.15, -0.1) is 0 Å². The van der Waals surface area contributed by atoms with Crippen LogP contribution >= 0.6 is 0 Å². The summed E-state index contributed by atoms with van der Waals surface area (Å²) in [5.41, 5.74) is 1.67. The van der Waals surface area contributed by atoms with Crippen LogP contribution in [0.2, 0.25) is 0 Å². The molecule has 3 N–H and O–H groups in total. The first-order valence-electron chi connectivity index (χ1n) is 12.0. The van der Waals surface area contributed by atoms with Crippen molar-refractivity contribution in [2.75, 3.05) is 11.9 Å². The highest BCUT2D eigenvalue weighted by Gasteiger charge is 2.46. The molecule has 2 heterocycles. The maximum absolute atomic E-state index is 13.8. The van der Waals surface area contributed by atoms with Crippen molar-refractivity contribution in [2.24, 2.45) is 5.92 Å². The minimum absolute atomic E-state index is 0.00406. The predicted molar refractivity (Wildman–Crippen MR) is 123 cm³/mol. The van der Waals surface area contributed by atoms with E-state index in [1.54, 1.807) is 6.07 Å². The summed E-state index contributed by atoms with van der Waals surface area (Å²) in [6.07, 6.45) is 1.88. The van der Waals surface area contributed by atoms with Gasteiger partial charge in [0.25, 0.3) is 0 Å². The van der Waals surface area contributed by atoms with E-state index in [9.17, 15) is 23.5 Å². The third kappa shape index (κ3) is 5.01. The van der Waals surface area contributed by atoms with Crippen LogP contribution in [0.1, 0.15) is 49.1 Å². The molecule has 2 amide bonds. The van der Waals surface area contributed by atoms with Gasteiger partial charge < -0.3 is 25.2 Å². The number of fused-ring (bicyclic) bond motifs is 3. The largest absolute Gasteiger partial charge is 0.487 e. The third-order valence-corrected chi connectivity index (χ3v) is 7.14. The Morgan fingerprint density at radius 2 is 1.94 bits per heavy atom. The summed E-state index contributed by atoms with van der Waals surface area (Å²) in [5.74, 6) is -0.885. The first-order valence-corrected chi connectivity index (χ1v) is 12.0. The molecule has 5 rings (SSSR count). The van der Waals surface area contributed by atoms with E-state index in [0.29, 0.717) is 17.9 Å². The minimum Gasteiger partial charge on any atom is -0.487 e. The van der Waals surface area contributed by atoms with Gasteiger partial charge in [-0.25, -0.2) is 8.78 Å². The van der Waals surface area contributed by atoms with Gasteiger partial charge in [-0.3, -0.25) is 9.59 Å². The molecule has 1 aliphatic carbocycles. The summed E-state index contributed by atoms with van der Waals surface area (Å²) in [7, 11) is 0. The van der Waals surface area contributed by atoms with Gasteiger partial charge >= 0.3 is 0 Å². The highest BCUT2D eigenvalue weighted by molar-refractivity contribution is 5.93. The van der Waals surface area contributed by atoms with Crippen molar-refractivity contribution >= 4 is 17.5 Å². The van der Waals surface area contributed by atoms with Gasteiger partial charge in [0.2, 0.25) is 11.8 Å². The zero-order valence-electron chi connectivity index (χ0n) is 19.1. The van der Waals surface area contributed by atoms with E-state index < -0.39 is 29.9 Å². The molecular weight excluding hydrogens is 458 g/mol. The Bertz CT molecular complexity index is 1120. The number of aliphatic hydroxyl groups is 1. The number of halogens is 2. The topological polar surface area (TPSA) is 96.9 Å². The molecule has 0 aromatic heterocycles. The molecule has 35 heavy (non-hydrogen) atoms. The molecular formula is C26H28F2N2O5. The number of aliphatic hydroxyl groups excluding tert-OH is 1. The number of ether oxygens (including phenoxy) is 2. The molecule has 2 fully saturated rings. The van der Waals surface area contributed by atoms with Crippen molar-refractivity contribution in [1.82, 2.24) is 5.32 Å². The fourth-order valence-electron chi connectivity index (χ4n) is 5.03. The Balaban J connectivity index is 1.24. The van der Waals surface area contributed by atoms with Crippen LogP contribution in [0.15, 0.2) is 36.4 Å². The van der Waals surface area contributed by atoms with E-state index >= 15 is 0 Å². The molecule has 0 spiro atoms. The lowest BCUT2D eigenvalue weighted by Gasteiger charge is -2.37. The van der Waals surface area contributed by atoms with Gasteiger partial charge in [0.05, 0.1) is 19.1 Å². The van der Waals surface area contributed by atoms with E-state index in [0.717, 1.165) is 43.0 Å². The van der Waals surface area contributed by atoms with Crippen LogP contribution in [0.4, 0.5) is 14.5 Å². The van der Waals surface area contributed by atoms with Crippen LogP contribution in [0.25, 0.3) is 0 Å². The Labute approximate surface area is 201 Å². The van der Waals surface area contributed by atoms with Gasteiger partial charge in [0, 0.05) is 35.2 Å². The second kappa shape index (κ2) is 9.91. The molecule has 2 aromatic rings. The molecule has 0 bridgehead atoms. The summed E-state index contributed by atoms with van der Waals surface area (Å²) in [6.45, 7) is -0.409. The third-order valence-electron chi connectivity index (χ3n) is 7.14. The molecule has 7 nitrogen and oxygen atoms in total. The monoisotopic (exact) mass is 486 g/mol. The van der Waals surface area contributed by atoms with Crippen LogP contribution in [0.5, 0.6) is 5.75 Å². The molecule has 3 aliphatic rings. The van der Waals surface area contributed by atoms with Gasteiger partial charge in [0.1, 0.15) is 29.6 Å². The number of hydrogen-bond acceptors (Lipinski definition) is 5. The lowest BCUT2D eigenvalue weighted by molar-refractivity contribution is -0.142. The van der Waals surface area contributed by atoms with Crippen LogP contribution < -0.4 is 15.4 Å². The van der Waals surface area contributed by atoms with Gasteiger partial charge in [0.15, 0.2) is 0 Å². The number of rotatable bonds is 7. The summed E-state index contributed by atoms with van der Waals surface area (Å²) in [6, 6.07) is 8.61. The number of carbonyl (C=O) groups is 2. The minimum atomic E-state index is -0.618. The lowest BCUT2D eigenvalue weighted by atomic mass is 9.83. The highest BCUT2D eigenvalue weighted by atomic mass is 19.1. The molecule has 0 radical (unpaired) electrons. The van der Waals surface area contributed by atoms with E-state index in [-0.39, 0.29) is 48.8 Å². The second-order valence-corrected chi connectivity index (χ2v) is 9.49. The highest BCUT2D eigenvalue weighted by Crippen LogP contribution is 2.47. The van der Waals surface area contributed by atoms with Crippen LogP contribution in [-0.4, -0.2) is 41.8 Å². The molecule has 1 saturated carbocycles. The average molecular weight is 487 g/mol. The van der Waals surface area contributed by atoms with Crippen molar-refractivity contribution in [3.8, 4) is 5.75 Å². The normalized spacial score (nSPS) is 25.1. The Kier molecular flexibility index (Phi) is 6.71. The van der Waals surface area contributed by atoms with Gasteiger partial charge in [-0.05, 0) is 55.7 Å². The molecule has 4 atom stereocenters. The number of nitrogens with one attached hydrogen (secondary N) is 2. The maximum Gasteiger partial charge on any atom is 0.227 e. The Morgan fingerprint density at radius 1 is 1.11 bits per heavy atom. The lowest BCUT2D eigenvalue weighted by Crippen LogP contribution is -2.47. The quantitative estimate of drug-likeness (QED) is 0.558. The van der Waals surface area contributed by atoms with E-state index in [2.05, 4.69) is 10.6 Å². The zero-order chi connectivity index (χ0) is 24.5. The van der Waals surface area contributed by atoms with Crippen LogP contribution in [0.3, 0.4) is 0 Å². The zero-order valence-corrected chi connectivity index (χ0v) is 19.1. The van der Waals surface area contributed by atoms with E-state index in [1.807, 2.05) is 12.1 Å². The first kappa shape index (κ1) is 23.7. The van der Waals surface area contributed by atoms with Crippen LogP contribution in [-0.2, 0) is 20.9 Å². The SMILES string of the molecule is O=C(C[C@@H]1C[C@@H]2c3cc(NC(=O)C4CCC4)ccc3O[C@@H]2[C@@H](CO)O1)NCc1cc(F)ccc1F. The van der Waals surface area contributed by atoms with Crippen LogP contribution in [0, 0.1) is 17.6 Å². The molecule has 2 aromatic carbocycles. The molecule has 1 saturated heterocycles. The van der Waals surface area contributed by atoms with Gasteiger partial charge in [-0.1, -0.05) is 6.42 Å². The van der Waals surface area contributed by atoms with Crippen molar-refractivity contribution in [1.29, 1.82) is 0 Å². The number of amides is 2. The summed E-state index contributed by atoms with van der Waals surface area (Å²) in [4.78, 5) is 24.9. The number of anilines is 1. The fourth-order valence-corrected chi connectivity index (χ4v) is 5.03. The maximum atomic E-state index is 13.8. The molecule has 9 heteroatoms. The fraction of sp³-hybridized carbons (Fsp3) is 0.462.